The number of amides is 1. The summed E-state index contributed by atoms with van der Waals surface area (Å²) in [5, 5.41) is 12.3. The molecule has 0 bridgehead atoms. The maximum absolute atomic E-state index is 13.4. The van der Waals surface area contributed by atoms with Crippen LogP contribution < -0.4 is 10.1 Å². The number of benzene rings is 2. The summed E-state index contributed by atoms with van der Waals surface area (Å²) < 4.78 is 9.82. The first kappa shape index (κ1) is 27.6. The molecule has 1 atom stereocenters. The third-order valence-corrected chi connectivity index (χ3v) is 7.74. The van der Waals surface area contributed by atoms with Gasteiger partial charge < -0.3 is 15.0 Å². The zero-order valence-electron chi connectivity index (χ0n) is 24.2. The number of aromatic nitrogens is 4. The summed E-state index contributed by atoms with van der Waals surface area (Å²) in [5.41, 5.74) is 6.80. The number of nitrogens with one attached hydrogen (secondary N) is 1. The van der Waals surface area contributed by atoms with E-state index in [4.69, 9.17) is 9.84 Å². The highest BCUT2D eigenvalue weighted by molar-refractivity contribution is 5.96. The Hall–Kier alpha value is -3.91. The van der Waals surface area contributed by atoms with E-state index >= 15 is 0 Å². The van der Waals surface area contributed by atoms with E-state index in [2.05, 4.69) is 44.4 Å². The maximum atomic E-state index is 13.4. The van der Waals surface area contributed by atoms with Gasteiger partial charge in [-0.15, -0.1) is 0 Å². The van der Waals surface area contributed by atoms with Gasteiger partial charge in [0, 0.05) is 42.7 Å². The number of aryl methyl sites for hydroxylation is 2. The average Bonchev–Trinajstić information content (AvgIpc) is 3.71. The predicted molar refractivity (Wildman–Crippen MR) is 158 cm³/mol. The summed E-state index contributed by atoms with van der Waals surface area (Å²) in [6.45, 7) is 5.35. The van der Waals surface area contributed by atoms with Crippen LogP contribution in [0.15, 0.2) is 61.2 Å². The second kappa shape index (κ2) is 12.1. The number of rotatable bonds is 10. The van der Waals surface area contributed by atoms with Crippen LogP contribution in [0.4, 0.5) is 0 Å². The van der Waals surface area contributed by atoms with Crippen molar-refractivity contribution in [2.45, 2.75) is 51.6 Å². The Balaban J connectivity index is 1.40. The molecule has 5 rings (SSSR count). The Kier molecular flexibility index (Phi) is 8.35. The number of hydrogen-bond acceptors (Lipinski definition) is 5. The average molecular weight is 541 g/mol. The second-order valence-electron chi connectivity index (χ2n) is 11.2. The van der Waals surface area contributed by atoms with Gasteiger partial charge in [-0.25, -0.2) is 0 Å². The molecule has 1 amide bonds. The van der Waals surface area contributed by atoms with Crippen LogP contribution in [0.5, 0.6) is 5.75 Å². The summed E-state index contributed by atoms with van der Waals surface area (Å²) in [6, 6.07) is 12.4. The van der Waals surface area contributed by atoms with Crippen LogP contribution >= 0.6 is 0 Å². The smallest absolute Gasteiger partial charge is 0.252 e. The lowest BCUT2D eigenvalue weighted by Crippen LogP contribution is -2.27. The molecule has 0 unspecified atom stereocenters. The van der Waals surface area contributed by atoms with E-state index in [0.717, 1.165) is 39.9 Å². The Bertz CT molecular complexity index is 1460. The molecule has 0 saturated heterocycles. The lowest BCUT2D eigenvalue weighted by Gasteiger charge is -2.18. The molecule has 0 spiro atoms. The molecule has 8 heteroatoms. The fourth-order valence-electron chi connectivity index (χ4n) is 5.30. The summed E-state index contributed by atoms with van der Waals surface area (Å²) in [4.78, 5) is 15.5. The van der Waals surface area contributed by atoms with Gasteiger partial charge in [-0.2, -0.15) is 10.2 Å². The first-order valence-corrected chi connectivity index (χ1v) is 14.1. The molecule has 2 aromatic heterocycles. The Morgan fingerprint density at radius 3 is 2.40 bits per heavy atom. The summed E-state index contributed by atoms with van der Waals surface area (Å²) >= 11 is 0. The zero-order valence-corrected chi connectivity index (χ0v) is 24.2. The summed E-state index contributed by atoms with van der Waals surface area (Å²) in [6.07, 6.45) is 12.9. The molecule has 1 saturated carbocycles. The minimum Gasteiger partial charge on any atom is -0.492 e. The van der Waals surface area contributed by atoms with Crippen molar-refractivity contribution < 1.29 is 9.53 Å². The van der Waals surface area contributed by atoms with Gasteiger partial charge in [0.25, 0.3) is 5.91 Å². The molecule has 1 aliphatic rings. The van der Waals surface area contributed by atoms with E-state index in [-0.39, 0.29) is 11.9 Å². The second-order valence-corrected chi connectivity index (χ2v) is 11.2. The largest absolute Gasteiger partial charge is 0.492 e. The number of hydrogen-bond donors (Lipinski definition) is 1. The quantitative estimate of drug-likeness (QED) is 0.275. The lowest BCUT2D eigenvalue weighted by atomic mass is 9.96. The number of ether oxygens (including phenoxy) is 1. The third-order valence-electron chi connectivity index (χ3n) is 7.74. The highest BCUT2D eigenvalue weighted by atomic mass is 16.5. The maximum Gasteiger partial charge on any atom is 0.252 e. The van der Waals surface area contributed by atoms with Gasteiger partial charge in [0.15, 0.2) is 0 Å². The van der Waals surface area contributed by atoms with Gasteiger partial charge in [0.1, 0.15) is 12.4 Å². The molecule has 1 fully saturated rings. The van der Waals surface area contributed by atoms with E-state index in [0.29, 0.717) is 24.0 Å². The van der Waals surface area contributed by atoms with E-state index in [1.54, 1.807) is 4.68 Å². The van der Waals surface area contributed by atoms with Crippen LogP contribution in [0.1, 0.15) is 66.2 Å². The van der Waals surface area contributed by atoms with E-state index < -0.39 is 0 Å². The van der Waals surface area contributed by atoms with Gasteiger partial charge in [-0.3, -0.25) is 14.2 Å². The number of likely N-dealkylation sites (N-methyl/N-ethyl adjacent to an activating group) is 1. The number of carbonyl (C=O) groups is 1. The molecular weight excluding hydrogens is 500 g/mol. The van der Waals surface area contributed by atoms with Crippen molar-refractivity contribution in [3.63, 3.8) is 0 Å². The number of carbonyl (C=O) groups excluding carboxylic acids is 1. The number of nitrogens with zero attached hydrogens (tertiary/aromatic N) is 5. The topological polar surface area (TPSA) is 77.2 Å². The molecule has 8 nitrogen and oxygen atoms in total. The monoisotopic (exact) mass is 540 g/mol. The summed E-state index contributed by atoms with van der Waals surface area (Å²) in [7, 11) is 5.94. The SMILES string of the molecule is Cc1ccc(OCCN(C)C)cc1C(=O)N[C@H](C)c1cc(-c2cnn(C)c2)cc(-c2cnn(C3CCCC3)c2)c1. The van der Waals surface area contributed by atoms with Crippen LogP contribution in [0.2, 0.25) is 0 Å². The van der Waals surface area contributed by atoms with Gasteiger partial charge >= 0.3 is 0 Å². The van der Waals surface area contributed by atoms with Gasteiger partial charge in [0.2, 0.25) is 0 Å². The van der Waals surface area contributed by atoms with Crippen molar-refractivity contribution in [3.05, 3.63) is 77.9 Å². The molecule has 0 aliphatic heterocycles. The molecule has 40 heavy (non-hydrogen) atoms. The van der Waals surface area contributed by atoms with Crippen molar-refractivity contribution in [1.29, 1.82) is 0 Å². The normalized spacial score (nSPS) is 14.6. The fourth-order valence-corrected chi connectivity index (χ4v) is 5.30. The zero-order chi connectivity index (χ0) is 28.2. The molecular formula is C32H40N6O2. The van der Waals surface area contributed by atoms with Crippen molar-refractivity contribution >= 4 is 5.91 Å². The highest BCUT2D eigenvalue weighted by Gasteiger charge is 2.20. The molecule has 1 N–H and O–H groups in total. The Labute approximate surface area is 237 Å². The molecule has 0 radical (unpaired) electrons. The predicted octanol–water partition coefficient (Wildman–Crippen LogP) is 5.81. The molecule has 2 aromatic carbocycles. The van der Waals surface area contributed by atoms with Crippen LogP contribution in [0.25, 0.3) is 22.3 Å². The Morgan fingerprint density at radius 2 is 1.73 bits per heavy atom. The minimum atomic E-state index is -0.217. The standard InChI is InChI=1S/C32H40N6O2/c1-22-10-11-30(40-13-12-36(3)4)17-31(22)32(39)35-23(2)24-14-25(27-18-33-37(5)20-27)16-26(15-24)28-19-34-38(21-28)29-8-6-7-9-29/h10-11,14-21,23,29H,6-9,12-13H2,1-5H3,(H,35,39)/t23-/m1/s1. The highest BCUT2D eigenvalue weighted by Crippen LogP contribution is 2.33. The van der Waals surface area contributed by atoms with Gasteiger partial charge in [-0.1, -0.05) is 18.9 Å². The van der Waals surface area contributed by atoms with Gasteiger partial charge in [0.05, 0.1) is 24.5 Å². The van der Waals surface area contributed by atoms with Crippen molar-refractivity contribution in [2.24, 2.45) is 7.05 Å². The molecule has 4 aromatic rings. The van der Waals surface area contributed by atoms with Crippen LogP contribution in [-0.4, -0.2) is 57.6 Å². The first-order valence-electron chi connectivity index (χ1n) is 14.1. The summed E-state index contributed by atoms with van der Waals surface area (Å²) in [5.74, 6) is 0.579. The van der Waals surface area contributed by atoms with Crippen LogP contribution in [0.3, 0.4) is 0 Å². The molecule has 210 valence electrons. The molecule has 2 heterocycles. The van der Waals surface area contributed by atoms with Crippen molar-refractivity contribution in [3.8, 4) is 28.0 Å². The van der Waals surface area contributed by atoms with Crippen LogP contribution in [0, 0.1) is 6.92 Å². The van der Waals surface area contributed by atoms with E-state index in [1.807, 2.05) is 71.8 Å². The van der Waals surface area contributed by atoms with Crippen molar-refractivity contribution in [2.75, 3.05) is 27.2 Å². The van der Waals surface area contributed by atoms with Crippen molar-refractivity contribution in [1.82, 2.24) is 29.8 Å². The van der Waals surface area contributed by atoms with Gasteiger partial charge in [-0.05, 0) is 93.4 Å². The van der Waals surface area contributed by atoms with E-state index in [1.165, 1.54) is 25.7 Å². The first-order chi connectivity index (χ1) is 19.3. The third kappa shape index (κ3) is 6.45. The lowest BCUT2D eigenvalue weighted by molar-refractivity contribution is 0.0938. The Morgan fingerprint density at radius 1 is 1.02 bits per heavy atom. The minimum absolute atomic E-state index is 0.120. The van der Waals surface area contributed by atoms with E-state index in [9.17, 15) is 4.79 Å². The fraction of sp³-hybridized carbons (Fsp3) is 0.406. The molecule has 1 aliphatic carbocycles. The van der Waals surface area contributed by atoms with Crippen LogP contribution in [-0.2, 0) is 7.05 Å².